The molecule has 0 spiro atoms. The second-order valence-corrected chi connectivity index (χ2v) is 9.02. The van der Waals surface area contributed by atoms with Crippen molar-refractivity contribution in [1.29, 1.82) is 0 Å². The Kier molecular flexibility index (Phi) is 10.8. The Morgan fingerprint density at radius 1 is 0.880 bits per heavy atom. The van der Waals surface area contributed by atoms with Gasteiger partial charge in [-0.05, 0) is 17.3 Å². The van der Waals surface area contributed by atoms with Gasteiger partial charge < -0.3 is 14.8 Å². The third-order valence-electron chi connectivity index (χ3n) is 3.74. The van der Waals surface area contributed by atoms with Gasteiger partial charge in [0.2, 0.25) is 0 Å². The zero-order valence-electron chi connectivity index (χ0n) is 17.4. The van der Waals surface area contributed by atoms with Crippen LogP contribution >= 0.6 is 0 Å². The lowest BCUT2D eigenvalue weighted by Crippen LogP contribution is -2.50. The number of carbonyl (C=O) groups is 2. The second kappa shape index (κ2) is 11.4. The van der Waals surface area contributed by atoms with Crippen molar-refractivity contribution in [2.75, 3.05) is 13.2 Å². The summed E-state index contributed by atoms with van der Waals surface area (Å²) >= 11 is 0. The zero-order chi connectivity index (χ0) is 19.5. The van der Waals surface area contributed by atoms with Gasteiger partial charge in [-0.1, -0.05) is 80.6 Å². The molecule has 0 fully saturated rings. The van der Waals surface area contributed by atoms with Crippen LogP contribution in [0.25, 0.3) is 0 Å². The number of unbranched alkanes of at least 4 members (excludes halogenated alkanes) is 5. The van der Waals surface area contributed by atoms with Gasteiger partial charge in [-0.25, -0.2) is 9.59 Å². The highest BCUT2D eigenvalue weighted by molar-refractivity contribution is 5.82. The fourth-order valence-electron chi connectivity index (χ4n) is 2.21. The summed E-state index contributed by atoms with van der Waals surface area (Å²) in [6.45, 7) is 14.5. The third kappa shape index (κ3) is 12.7. The lowest BCUT2D eigenvalue weighted by molar-refractivity contribution is -0.149. The van der Waals surface area contributed by atoms with Crippen LogP contribution in [0.5, 0.6) is 0 Å². The topological polar surface area (TPSA) is 64.6 Å². The van der Waals surface area contributed by atoms with E-state index in [0.717, 1.165) is 12.8 Å². The molecular formula is C20H39NO4. The summed E-state index contributed by atoms with van der Waals surface area (Å²) in [5, 5.41) is 2.66. The molecule has 25 heavy (non-hydrogen) atoms. The number of carbonyl (C=O) groups excluding carboxylic acids is 2. The number of rotatable bonds is 10. The molecular weight excluding hydrogens is 318 g/mol. The molecule has 0 radical (unpaired) electrons. The molecule has 0 aromatic carbocycles. The van der Waals surface area contributed by atoms with Crippen LogP contribution in [0.2, 0.25) is 0 Å². The van der Waals surface area contributed by atoms with Gasteiger partial charge in [0.15, 0.2) is 0 Å². The molecule has 5 nitrogen and oxygen atoms in total. The maximum absolute atomic E-state index is 12.4. The van der Waals surface area contributed by atoms with E-state index in [2.05, 4.69) is 12.2 Å². The molecule has 1 unspecified atom stereocenters. The van der Waals surface area contributed by atoms with Crippen molar-refractivity contribution >= 4 is 12.1 Å². The van der Waals surface area contributed by atoms with E-state index in [0.29, 0.717) is 13.2 Å². The minimum atomic E-state index is -0.722. The summed E-state index contributed by atoms with van der Waals surface area (Å²) in [6, 6.07) is -0.722. The first-order valence-electron chi connectivity index (χ1n) is 9.57. The Balaban J connectivity index is 4.33. The maximum Gasteiger partial charge on any atom is 0.407 e. The van der Waals surface area contributed by atoms with Crippen LogP contribution in [-0.2, 0) is 14.3 Å². The lowest BCUT2D eigenvalue weighted by Gasteiger charge is -2.29. The standard InChI is InChI=1S/C20H39NO4/c1-8-9-10-11-12-13-14-24-17(22)16(20(5,6)7)21-18(23)25-15-19(2,3)4/h16H,8-15H2,1-7H3,(H,21,23). The van der Waals surface area contributed by atoms with Crippen molar-refractivity contribution in [2.45, 2.75) is 93.0 Å². The summed E-state index contributed by atoms with van der Waals surface area (Å²) in [7, 11) is 0. The molecule has 0 aromatic heterocycles. The van der Waals surface area contributed by atoms with E-state index in [4.69, 9.17) is 9.47 Å². The van der Waals surface area contributed by atoms with Crippen molar-refractivity contribution in [2.24, 2.45) is 10.8 Å². The van der Waals surface area contributed by atoms with Gasteiger partial charge in [0.1, 0.15) is 6.04 Å². The molecule has 0 aliphatic carbocycles. The molecule has 1 N–H and O–H groups in total. The fraction of sp³-hybridized carbons (Fsp3) is 0.900. The summed E-state index contributed by atoms with van der Waals surface area (Å²) in [5.41, 5.74) is -0.564. The van der Waals surface area contributed by atoms with Crippen LogP contribution in [0.3, 0.4) is 0 Å². The molecule has 0 aliphatic rings. The molecule has 0 saturated heterocycles. The van der Waals surface area contributed by atoms with E-state index in [1.807, 2.05) is 41.5 Å². The quantitative estimate of drug-likeness (QED) is 0.437. The Morgan fingerprint density at radius 3 is 1.96 bits per heavy atom. The summed E-state index contributed by atoms with van der Waals surface area (Å²) in [5.74, 6) is -0.395. The average Bonchev–Trinajstić information content (AvgIpc) is 2.47. The van der Waals surface area contributed by atoms with Crippen molar-refractivity contribution in [3.8, 4) is 0 Å². The molecule has 0 rings (SSSR count). The van der Waals surface area contributed by atoms with Gasteiger partial charge in [0, 0.05) is 0 Å². The van der Waals surface area contributed by atoms with E-state index in [1.54, 1.807) is 0 Å². The molecule has 0 heterocycles. The molecule has 148 valence electrons. The van der Waals surface area contributed by atoms with Gasteiger partial charge in [-0.2, -0.15) is 0 Å². The van der Waals surface area contributed by atoms with Gasteiger partial charge in [0.05, 0.1) is 13.2 Å². The molecule has 5 heteroatoms. The van der Waals surface area contributed by atoms with Crippen molar-refractivity contribution in [3.05, 3.63) is 0 Å². The van der Waals surface area contributed by atoms with E-state index < -0.39 is 23.5 Å². The van der Waals surface area contributed by atoms with Crippen LogP contribution in [-0.4, -0.2) is 31.3 Å². The molecule has 1 amide bonds. The highest BCUT2D eigenvalue weighted by atomic mass is 16.6. The summed E-state index contributed by atoms with van der Waals surface area (Å²) in [4.78, 5) is 24.4. The number of esters is 1. The number of amides is 1. The van der Waals surface area contributed by atoms with Crippen LogP contribution in [0.4, 0.5) is 4.79 Å². The first kappa shape index (κ1) is 23.7. The maximum atomic E-state index is 12.4. The zero-order valence-corrected chi connectivity index (χ0v) is 17.4. The Bertz CT molecular complexity index is 393. The van der Waals surface area contributed by atoms with Crippen LogP contribution in [0.1, 0.15) is 87.0 Å². The molecule has 0 saturated carbocycles. The highest BCUT2D eigenvalue weighted by Gasteiger charge is 2.34. The van der Waals surface area contributed by atoms with Crippen molar-refractivity contribution < 1.29 is 19.1 Å². The third-order valence-corrected chi connectivity index (χ3v) is 3.74. The normalized spacial score (nSPS) is 13.2. The van der Waals surface area contributed by atoms with Gasteiger partial charge >= 0.3 is 12.1 Å². The first-order valence-corrected chi connectivity index (χ1v) is 9.57. The fourth-order valence-corrected chi connectivity index (χ4v) is 2.21. The number of ether oxygens (including phenoxy) is 2. The number of hydrogen-bond acceptors (Lipinski definition) is 4. The Morgan fingerprint density at radius 2 is 1.44 bits per heavy atom. The molecule has 0 aromatic rings. The van der Waals surface area contributed by atoms with Gasteiger partial charge in [-0.3, -0.25) is 0 Å². The monoisotopic (exact) mass is 357 g/mol. The smallest absolute Gasteiger partial charge is 0.407 e. The number of alkyl carbamates (subject to hydrolysis) is 1. The highest BCUT2D eigenvalue weighted by Crippen LogP contribution is 2.21. The number of hydrogen-bond donors (Lipinski definition) is 1. The molecule has 1 atom stereocenters. The van der Waals surface area contributed by atoms with Crippen LogP contribution in [0, 0.1) is 10.8 Å². The molecule has 0 aliphatic heterocycles. The minimum absolute atomic E-state index is 0.118. The van der Waals surface area contributed by atoms with E-state index in [1.165, 1.54) is 25.7 Å². The van der Waals surface area contributed by atoms with Crippen molar-refractivity contribution in [1.82, 2.24) is 5.32 Å². The van der Waals surface area contributed by atoms with E-state index in [9.17, 15) is 9.59 Å². The van der Waals surface area contributed by atoms with E-state index in [-0.39, 0.29) is 5.41 Å². The van der Waals surface area contributed by atoms with Crippen LogP contribution < -0.4 is 5.32 Å². The predicted molar refractivity (Wildman–Crippen MR) is 102 cm³/mol. The number of nitrogens with one attached hydrogen (secondary N) is 1. The van der Waals surface area contributed by atoms with Crippen LogP contribution in [0.15, 0.2) is 0 Å². The Labute approximate surface area is 154 Å². The van der Waals surface area contributed by atoms with Gasteiger partial charge in [-0.15, -0.1) is 0 Å². The SMILES string of the molecule is CCCCCCCCOC(=O)C(NC(=O)OCC(C)(C)C)C(C)(C)C. The molecule has 0 bridgehead atoms. The second-order valence-electron chi connectivity index (χ2n) is 9.02. The van der Waals surface area contributed by atoms with Crippen molar-refractivity contribution in [3.63, 3.8) is 0 Å². The average molecular weight is 358 g/mol. The Hall–Kier alpha value is -1.26. The first-order chi connectivity index (χ1) is 11.5. The predicted octanol–water partition coefficient (Wildman–Crippen LogP) is 5.08. The minimum Gasteiger partial charge on any atom is -0.464 e. The summed E-state index contributed by atoms with van der Waals surface area (Å²) in [6.07, 6.45) is 6.23. The summed E-state index contributed by atoms with van der Waals surface area (Å²) < 4.78 is 10.6. The van der Waals surface area contributed by atoms with Gasteiger partial charge in [0.25, 0.3) is 0 Å². The lowest BCUT2D eigenvalue weighted by atomic mass is 9.87. The van der Waals surface area contributed by atoms with E-state index >= 15 is 0 Å². The largest absolute Gasteiger partial charge is 0.464 e.